The van der Waals surface area contributed by atoms with E-state index in [0.29, 0.717) is 0 Å². The Hall–Kier alpha value is 1.21. The molecule has 0 aromatic heterocycles. The molecule has 0 unspecified atom stereocenters. The number of nitrogens with two attached hydrogens (primary N) is 2. The Bertz CT molecular complexity index is 260. The van der Waals surface area contributed by atoms with Crippen LogP contribution in [-0.2, 0) is 42.3 Å². The first-order chi connectivity index (χ1) is 11.1. The van der Waals surface area contributed by atoms with Crippen LogP contribution in [0.2, 0.25) is 13.3 Å². The summed E-state index contributed by atoms with van der Waals surface area (Å²) in [4.78, 5) is 0. The van der Waals surface area contributed by atoms with Crippen LogP contribution < -0.4 is 11.5 Å². The van der Waals surface area contributed by atoms with Crippen molar-refractivity contribution in [3.63, 3.8) is 0 Å². The van der Waals surface area contributed by atoms with Gasteiger partial charge in [0.05, 0.1) is 0 Å². The van der Waals surface area contributed by atoms with Crippen molar-refractivity contribution in [3.8, 4) is 0 Å². The van der Waals surface area contributed by atoms with Crippen molar-refractivity contribution in [3.05, 3.63) is 13.2 Å². The molecule has 4 N–H and O–H groups in total. The average Bonchev–Trinajstić information content (AvgIpc) is 2.50. The molecule has 0 aromatic rings. The smallest absolute Gasteiger partial charge is 0.415 e. The van der Waals surface area contributed by atoms with Crippen LogP contribution in [0.25, 0.3) is 0 Å². The molecule has 0 rings (SSSR count). The summed E-state index contributed by atoms with van der Waals surface area (Å²) in [5.41, 5.74) is 9.31. The van der Waals surface area contributed by atoms with Crippen LogP contribution >= 0.6 is 24.4 Å². The normalized spacial score (nSPS) is 8.80. The summed E-state index contributed by atoms with van der Waals surface area (Å²) in [6, 6.07) is 0. The first-order valence-electron chi connectivity index (χ1n) is 8.26. The molecular formula is C16H35FMnN2S4Sn. The molecule has 0 aliphatic rings. The van der Waals surface area contributed by atoms with Crippen molar-refractivity contribution >= 4 is 77.3 Å². The molecule has 0 spiro atoms. The predicted octanol–water partition coefficient (Wildman–Crippen LogP) is 5.66. The molecule has 0 fully saturated rings. The van der Waals surface area contributed by atoms with Gasteiger partial charge in [0, 0.05) is 0 Å². The van der Waals surface area contributed by atoms with E-state index in [4.69, 9.17) is 0 Å². The van der Waals surface area contributed by atoms with Crippen molar-refractivity contribution < 1.29 is 19.9 Å². The van der Waals surface area contributed by atoms with Gasteiger partial charge in [0.1, 0.15) is 0 Å². The zero-order valence-electron chi connectivity index (χ0n) is 15.8. The van der Waals surface area contributed by atoms with Crippen molar-refractivity contribution in [2.45, 2.75) is 72.6 Å². The average molecular weight is 576 g/mol. The third-order valence-corrected chi connectivity index (χ3v) is 13.6. The molecule has 9 heteroatoms. The van der Waals surface area contributed by atoms with Gasteiger partial charge in [0.15, 0.2) is 0 Å². The maximum atomic E-state index is 14.6. The molecule has 1 radical (unpaired) electrons. The van der Waals surface area contributed by atoms with Gasteiger partial charge in [-0.3, -0.25) is 0 Å². The first kappa shape index (κ1) is 37.0. The Morgan fingerprint density at radius 1 is 0.840 bits per heavy atom. The maximum absolute atomic E-state index is 14.6. The van der Waals surface area contributed by atoms with Crippen LogP contribution in [0.1, 0.15) is 59.3 Å². The second-order valence-electron chi connectivity index (χ2n) is 5.10. The van der Waals surface area contributed by atoms with E-state index in [1.54, 1.807) is 0 Å². The van der Waals surface area contributed by atoms with Gasteiger partial charge >= 0.3 is 111 Å². The van der Waals surface area contributed by atoms with Gasteiger partial charge in [-0.1, -0.05) is 8.64 Å². The monoisotopic (exact) mass is 577 g/mol. The summed E-state index contributed by atoms with van der Waals surface area (Å²) in [6.07, 6.45) is 6.92. The van der Waals surface area contributed by atoms with E-state index in [1.807, 2.05) is 0 Å². The predicted molar refractivity (Wildman–Crippen MR) is 126 cm³/mol. The van der Waals surface area contributed by atoms with Gasteiger partial charge in [-0.2, -0.15) is 0 Å². The van der Waals surface area contributed by atoms with E-state index >= 15 is 0 Å². The minimum atomic E-state index is -3.06. The number of unbranched alkanes of at least 4 members (excludes halogenated alkanes) is 3. The first-order valence-corrected chi connectivity index (χ1v) is 17.0. The summed E-state index contributed by atoms with van der Waals surface area (Å²) in [7, 11) is 0. The Morgan fingerprint density at radius 3 is 1.12 bits per heavy atom. The molecule has 0 aromatic carbocycles. The topological polar surface area (TPSA) is 52.0 Å². The van der Waals surface area contributed by atoms with E-state index in [-0.39, 0.29) is 25.7 Å². The van der Waals surface area contributed by atoms with Crippen LogP contribution in [0.5, 0.6) is 0 Å². The van der Waals surface area contributed by atoms with Crippen LogP contribution in [0.4, 0.5) is 2.87 Å². The molecule has 2 nitrogen and oxygen atoms in total. The standard InChI is InChI=1S/3C4H9.C2H4.2CH3NS2.FH.Mn.Sn/c3*1-3-4-2;1-2;2*2-1(3)4;;;/h3*1,3-4H2,2H3;1-2H2;2*(H3,2,3,4);1H;;/q;;;;;;;+2;+1/p-3. The zero-order valence-corrected chi connectivity index (χ0v) is 23.1. The molecule has 0 bridgehead atoms. The van der Waals surface area contributed by atoms with Gasteiger partial charge in [-0.25, -0.2) is 0 Å². The molecule has 0 saturated heterocycles. The minimum absolute atomic E-state index is 0. The van der Waals surface area contributed by atoms with Gasteiger partial charge in [0.25, 0.3) is 0 Å². The molecular weight excluding hydrogens is 541 g/mol. The molecule has 0 amide bonds. The van der Waals surface area contributed by atoms with Gasteiger partial charge in [-0.15, -0.1) is 13.2 Å². The van der Waals surface area contributed by atoms with Crippen LogP contribution in [-0.4, -0.2) is 27.6 Å². The number of halogens is 1. The Balaban J connectivity index is -0.000000101. The van der Waals surface area contributed by atoms with E-state index in [0.717, 1.165) is 32.6 Å². The van der Waals surface area contributed by atoms with E-state index < -0.39 is 18.9 Å². The van der Waals surface area contributed by atoms with Crippen LogP contribution in [0, 0.1) is 0 Å². The Kier molecular flexibility index (Phi) is 44.4. The van der Waals surface area contributed by atoms with Crippen molar-refractivity contribution in [2.24, 2.45) is 11.5 Å². The molecule has 0 aliphatic heterocycles. The van der Waals surface area contributed by atoms with Crippen LogP contribution in [0.3, 0.4) is 0 Å². The molecule has 0 aliphatic carbocycles. The maximum Gasteiger partial charge on any atom is 2.00 e. The van der Waals surface area contributed by atoms with E-state index in [1.165, 1.54) is 19.3 Å². The van der Waals surface area contributed by atoms with E-state index in [9.17, 15) is 2.87 Å². The number of hydrogen-bond acceptors (Lipinski definition) is 4. The molecule has 0 atom stereocenters. The molecule has 151 valence electrons. The largest absolute Gasteiger partial charge is 2.00 e. The summed E-state index contributed by atoms with van der Waals surface area (Å²) in [5, 5.41) is 0. The fourth-order valence-electron chi connectivity index (χ4n) is 1.86. The third kappa shape index (κ3) is 51.7. The molecule has 0 heterocycles. The molecule has 0 saturated carbocycles. The number of rotatable bonds is 9. The Morgan fingerprint density at radius 2 is 1.00 bits per heavy atom. The van der Waals surface area contributed by atoms with Crippen molar-refractivity contribution in [1.82, 2.24) is 0 Å². The Labute approximate surface area is 192 Å². The molecule has 25 heavy (non-hydrogen) atoms. The zero-order chi connectivity index (χ0) is 20.0. The fourth-order valence-corrected chi connectivity index (χ4v) is 12.4. The van der Waals surface area contributed by atoms with Crippen molar-refractivity contribution in [1.29, 1.82) is 0 Å². The summed E-state index contributed by atoms with van der Waals surface area (Å²) in [5.74, 6) is 0. The summed E-state index contributed by atoms with van der Waals surface area (Å²) in [6.45, 7) is 12.5. The van der Waals surface area contributed by atoms with Crippen molar-refractivity contribution in [2.75, 3.05) is 0 Å². The third-order valence-electron chi connectivity index (χ3n) is 2.94. The van der Waals surface area contributed by atoms with Gasteiger partial charge < -0.3 is 61.2 Å². The summed E-state index contributed by atoms with van der Waals surface area (Å²) >= 11 is 13.5. The van der Waals surface area contributed by atoms with E-state index in [2.05, 4.69) is 95.1 Å². The quantitative estimate of drug-likeness (QED) is 0.160. The summed E-state index contributed by atoms with van der Waals surface area (Å²) < 4.78 is 17.7. The second kappa shape index (κ2) is 30.0. The minimum Gasteiger partial charge on any atom is -0.415 e. The second-order valence-corrected chi connectivity index (χ2v) is 18.2. The SMILES string of the molecule is C=C.CCC[CH2][Sn]([F])([CH2]CCC)[CH2]CCC.NC(=S)[S-].NC(=S)[S-].[Mn+2]. The van der Waals surface area contributed by atoms with Crippen LogP contribution in [0.15, 0.2) is 13.2 Å². The number of thiocarbonyl (C=S) groups is 2. The fraction of sp³-hybridized carbons (Fsp3) is 0.750. The number of hydrogen-bond donors (Lipinski definition) is 2. The van der Waals surface area contributed by atoms with Gasteiger partial charge in [0.2, 0.25) is 0 Å². The van der Waals surface area contributed by atoms with Gasteiger partial charge in [-0.05, 0) is 0 Å².